The van der Waals surface area contributed by atoms with Crippen LogP contribution >= 0.6 is 0 Å². The van der Waals surface area contributed by atoms with E-state index >= 15 is 0 Å². The van der Waals surface area contributed by atoms with Crippen LogP contribution in [0.15, 0.2) is 43.2 Å². The number of cyclic esters (lactones) is 1. The van der Waals surface area contributed by atoms with E-state index in [1.807, 2.05) is 19.1 Å². The van der Waals surface area contributed by atoms with Gasteiger partial charge >= 0.3 is 6.09 Å². The molecule has 2 aliphatic heterocycles. The summed E-state index contributed by atoms with van der Waals surface area (Å²) in [5.74, 6) is 1.68. The highest BCUT2D eigenvalue weighted by atomic mass is 16.6. The summed E-state index contributed by atoms with van der Waals surface area (Å²) in [6.07, 6.45) is 5.90. The average molecular weight is 481 g/mol. The number of ether oxygens (including phenoxy) is 2. The predicted molar refractivity (Wildman–Crippen MR) is 131 cm³/mol. The maximum atomic E-state index is 12.3. The van der Waals surface area contributed by atoms with Crippen molar-refractivity contribution in [2.45, 2.75) is 51.8 Å². The van der Waals surface area contributed by atoms with Gasteiger partial charge in [-0.3, -0.25) is 9.69 Å². The summed E-state index contributed by atoms with van der Waals surface area (Å²) in [6.45, 7) is 11.3. The smallest absolute Gasteiger partial charge is 0.415 e. The fraction of sp³-hybridized carbons (Fsp3) is 0.480. The lowest BCUT2D eigenvalue weighted by Gasteiger charge is -2.31. The Balaban J connectivity index is 1.35. The molecular weight excluding hydrogens is 448 g/mol. The van der Waals surface area contributed by atoms with Crippen LogP contribution in [0.5, 0.6) is 5.88 Å². The standard InChI is InChI=1S/C25H32N6O4/c1-5-23(32)30-12-9-19(10-13-30)35-22-7-6-18(14-27-22)17(4)28-24-26-11-8-21(29-24)31-20(16(2)3)15-34-25(31)33/h5-8,11,14,16-17,19-20H,1,9-10,12-13,15H2,2-4H3,(H,26,28,29)/t17-,20?/m0/s1. The summed E-state index contributed by atoms with van der Waals surface area (Å²) in [5, 5.41) is 3.28. The van der Waals surface area contributed by atoms with Crippen LogP contribution in [0.3, 0.4) is 0 Å². The van der Waals surface area contributed by atoms with E-state index < -0.39 is 0 Å². The Hall–Kier alpha value is -3.69. The summed E-state index contributed by atoms with van der Waals surface area (Å²) in [7, 11) is 0. The zero-order valence-corrected chi connectivity index (χ0v) is 20.4. The van der Waals surface area contributed by atoms with E-state index in [0.717, 1.165) is 18.4 Å². The average Bonchev–Trinajstić information content (AvgIpc) is 3.26. The van der Waals surface area contributed by atoms with Gasteiger partial charge in [-0.1, -0.05) is 26.5 Å². The van der Waals surface area contributed by atoms with Crippen LogP contribution in [0.2, 0.25) is 0 Å². The molecule has 0 aliphatic carbocycles. The fourth-order valence-electron chi connectivity index (χ4n) is 4.23. The molecule has 2 aliphatic rings. The van der Waals surface area contributed by atoms with E-state index in [1.54, 1.807) is 28.3 Å². The molecule has 0 spiro atoms. The van der Waals surface area contributed by atoms with Crippen LogP contribution in [-0.4, -0.2) is 63.7 Å². The Morgan fingerprint density at radius 2 is 2.00 bits per heavy atom. The van der Waals surface area contributed by atoms with Crippen LogP contribution in [0.25, 0.3) is 0 Å². The van der Waals surface area contributed by atoms with Gasteiger partial charge in [0.1, 0.15) is 18.5 Å². The molecule has 0 aromatic carbocycles. The molecule has 1 N–H and O–H groups in total. The van der Waals surface area contributed by atoms with Crippen molar-refractivity contribution in [2.24, 2.45) is 5.92 Å². The van der Waals surface area contributed by atoms with E-state index in [9.17, 15) is 9.59 Å². The van der Waals surface area contributed by atoms with Crippen LogP contribution in [0, 0.1) is 5.92 Å². The summed E-state index contributed by atoms with van der Waals surface area (Å²) in [4.78, 5) is 40.7. The van der Waals surface area contributed by atoms with Crippen molar-refractivity contribution in [3.8, 4) is 5.88 Å². The molecule has 2 amide bonds. The number of amides is 2. The number of carbonyl (C=O) groups is 2. The number of piperidine rings is 1. The van der Waals surface area contributed by atoms with Gasteiger partial charge in [-0.2, -0.15) is 4.98 Å². The van der Waals surface area contributed by atoms with Gasteiger partial charge in [-0.25, -0.2) is 14.8 Å². The largest absolute Gasteiger partial charge is 0.474 e. The number of aromatic nitrogens is 3. The molecule has 0 radical (unpaired) electrons. The Labute approximate surface area is 205 Å². The summed E-state index contributed by atoms with van der Waals surface area (Å²) < 4.78 is 11.2. The molecule has 1 unspecified atom stereocenters. The minimum absolute atomic E-state index is 0.0286. The van der Waals surface area contributed by atoms with Crippen molar-refractivity contribution < 1.29 is 19.1 Å². The summed E-state index contributed by atoms with van der Waals surface area (Å²) in [6, 6.07) is 5.33. The van der Waals surface area contributed by atoms with Crippen molar-refractivity contribution >= 4 is 23.8 Å². The van der Waals surface area contributed by atoms with Gasteiger partial charge in [-0.15, -0.1) is 0 Å². The molecule has 186 valence electrons. The Morgan fingerprint density at radius 3 is 2.66 bits per heavy atom. The maximum Gasteiger partial charge on any atom is 0.415 e. The van der Waals surface area contributed by atoms with Gasteiger partial charge in [0, 0.05) is 44.4 Å². The lowest BCUT2D eigenvalue weighted by atomic mass is 10.0. The molecular formula is C25H32N6O4. The van der Waals surface area contributed by atoms with Crippen molar-refractivity contribution in [2.75, 3.05) is 29.9 Å². The molecule has 2 saturated heterocycles. The van der Waals surface area contributed by atoms with Gasteiger partial charge in [-0.05, 0) is 30.5 Å². The second-order valence-electron chi connectivity index (χ2n) is 9.14. The van der Waals surface area contributed by atoms with Crippen LogP contribution in [0.4, 0.5) is 16.6 Å². The SMILES string of the molecule is C=CC(=O)N1CCC(Oc2ccc([C@H](C)Nc3nccc(N4C(=O)OCC4C(C)C)n3)cn2)CC1. The lowest BCUT2D eigenvalue weighted by Crippen LogP contribution is -2.41. The normalized spacial score (nSPS) is 19.4. The highest BCUT2D eigenvalue weighted by Crippen LogP contribution is 2.27. The lowest BCUT2D eigenvalue weighted by molar-refractivity contribution is -0.127. The van der Waals surface area contributed by atoms with Crippen LogP contribution in [0.1, 0.15) is 45.2 Å². The Kier molecular flexibility index (Phi) is 7.48. The molecule has 2 aromatic rings. The minimum Gasteiger partial charge on any atom is -0.474 e. The number of nitrogens with one attached hydrogen (secondary N) is 1. The fourth-order valence-corrected chi connectivity index (χ4v) is 4.23. The number of pyridine rings is 1. The highest BCUT2D eigenvalue weighted by Gasteiger charge is 2.37. The Morgan fingerprint density at radius 1 is 1.23 bits per heavy atom. The van der Waals surface area contributed by atoms with Crippen LogP contribution < -0.4 is 15.0 Å². The first-order chi connectivity index (χ1) is 16.9. The summed E-state index contributed by atoms with van der Waals surface area (Å²) in [5.41, 5.74) is 0.943. The molecule has 0 saturated carbocycles. The number of anilines is 2. The van der Waals surface area contributed by atoms with Crippen molar-refractivity contribution in [1.82, 2.24) is 19.9 Å². The number of nitrogens with zero attached hydrogens (tertiary/aromatic N) is 5. The molecule has 4 rings (SSSR count). The van der Waals surface area contributed by atoms with Gasteiger partial charge < -0.3 is 19.7 Å². The van der Waals surface area contributed by atoms with Crippen molar-refractivity contribution in [3.05, 3.63) is 48.8 Å². The topological polar surface area (TPSA) is 110 Å². The molecule has 0 bridgehead atoms. The van der Waals surface area contributed by atoms with Gasteiger partial charge in [0.2, 0.25) is 17.7 Å². The van der Waals surface area contributed by atoms with Crippen molar-refractivity contribution in [3.63, 3.8) is 0 Å². The van der Waals surface area contributed by atoms with Gasteiger partial charge in [0.25, 0.3) is 0 Å². The van der Waals surface area contributed by atoms with Gasteiger partial charge in [0.05, 0.1) is 12.1 Å². The van der Waals surface area contributed by atoms with E-state index in [-0.39, 0.29) is 36.1 Å². The molecule has 2 aromatic heterocycles. The van der Waals surface area contributed by atoms with E-state index in [2.05, 4.69) is 40.7 Å². The minimum atomic E-state index is -0.390. The monoisotopic (exact) mass is 480 g/mol. The van der Waals surface area contributed by atoms with Crippen LogP contribution in [-0.2, 0) is 9.53 Å². The van der Waals surface area contributed by atoms with E-state index in [4.69, 9.17) is 9.47 Å². The van der Waals surface area contributed by atoms with Crippen molar-refractivity contribution in [1.29, 1.82) is 0 Å². The highest BCUT2D eigenvalue weighted by molar-refractivity contribution is 5.89. The second-order valence-corrected chi connectivity index (χ2v) is 9.14. The number of hydrogen-bond donors (Lipinski definition) is 1. The molecule has 35 heavy (non-hydrogen) atoms. The molecule has 4 heterocycles. The number of carbonyl (C=O) groups excluding carboxylic acids is 2. The first kappa shape index (κ1) is 24.4. The predicted octanol–water partition coefficient (Wildman–Crippen LogP) is 3.58. The molecule has 10 heteroatoms. The zero-order chi connectivity index (χ0) is 24.9. The molecule has 10 nitrogen and oxygen atoms in total. The second kappa shape index (κ2) is 10.7. The van der Waals surface area contributed by atoms with E-state index in [1.165, 1.54) is 6.08 Å². The third kappa shape index (κ3) is 5.70. The number of rotatable bonds is 8. The summed E-state index contributed by atoms with van der Waals surface area (Å²) >= 11 is 0. The number of likely N-dealkylation sites (tertiary alicyclic amines) is 1. The maximum absolute atomic E-state index is 12.3. The Bertz CT molecular complexity index is 1050. The third-order valence-electron chi connectivity index (χ3n) is 6.38. The number of hydrogen-bond acceptors (Lipinski definition) is 8. The third-order valence-corrected chi connectivity index (χ3v) is 6.38. The first-order valence-electron chi connectivity index (χ1n) is 11.9. The quantitative estimate of drug-likeness (QED) is 0.571. The van der Waals surface area contributed by atoms with E-state index in [0.29, 0.717) is 37.3 Å². The first-order valence-corrected chi connectivity index (χ1v) is 11.9. The molecule has 2 atom stereocenters. The van der Waals surface area contributed by atoms with Gasteiger partial charge in [0.15, 0.2) is 0 Å². The zero-order valence-electron chi connectivity index (χ0n) is 20.4. The molecule has 2 fully saturated rings.